The summed E-state index contributed by atoms with van der Waals surface area (Å²) in [5, 5.41) is 0. The fourth-order valence-electron chi connectivity index (χ4n) is 0.748. The van der Waals surface area contributed by atoms with Gasteiger partial charge in [0.25, 0.3) is 0 Å². The van der Waals surface area contributed by atoms with Crippen molar-refractivity contribution in [2.45, 2.75) is 6.36 Å². The lowest BCUT2D eigenvalue weighted by Crippen LogP contribution is -2.17. The SMILES string of the molecule is COc1cc(OC(F)(F)F)cc(I)n1. The third-order valence-electron chi connectivity index (χ3n) is 1.19. The van der Waals surface area contributed by atoms with E-state index in [1.165, 1.54) is 7.11 Å². The Labute approximate surface area is 91.4 Å². The molecule has 78 valence electrons. The monoisotopic (exact) mass is 319 g/mol. The van der Waals surface area contributed by atoms with Crippen LogP contribution in [-0.2, 0) is 0 Å². The predicted molar refractivity (Wildman–Crippen MR) is 50.2 cm³/mol. The second kappa shape index (κ2) is 4.20. The molecule has 0 atom stereocenters. The number of methoxy groups -OCH3 is 1. The van der Waals surface area contributed by atoms with Crippen molar-refractivity contribution in [1.29, 1.82) is 0 Å². The van der Waals surface area contributed by atoms with Gasteiger partial charge < -0.3 is 9.47 Å². The molecule has 1 heterocycles. The summed E-state index contributed by atoms with van der Waals surface area (Å²) >= 11 is 1.77. The van der Waals surface area contributed by atoms with E-state index in [0.717, 1.165) is 12.1 Å². The molecule has 0 radical (unpaired) electrons. The third kappa shape index (κ3) is 3.56. The van der Waals surface area contributed by atoms with Crippen molar-refractivity contribution >= 4 is 22.6 Å². The Bertz CT molecular complexity index is 329. The lowest BCUT2D eigenvalue weighted by atomic mass is 10.4. The minimum absolute atomic E-state index is 0.0798. The van der Waals surface area contributed by atoms with E-state index in [1.807, 2.05) is 0 Å². The van der Waals surface area contributed by atoms with Crippen molar-refractivity contribution in [3.05, 3.63) is 15.8 Å². The lowest BCUT2D eigenvalue weighted by Gasteiger charge is -2.09. The van der Waals surface area contributed by atoms with Gasteiger partial charge in [-0.05, 0) is 22.6 Å². The maximum absolute atomic E-state index is 11.8. The molecule has 1 rings (SSSR count). The Kier molecular flexibility index (Phi) is 3.40. The van der Waals surface area contributed by atoms with E-state index in [1.54, 1.807) is 22.6 Å². The number of rotatable bonds is 2. The van der Waals surface area contributed by atoms with E-state index in [-0.39, 0.29) is 11.6 Å². The number of ether oxygens (including phenoxy) is 2. The van der Waals surface area contributed by atoms with E-state index < -0.39 is 6.36 Å². The largest absolute Gasteiger partial charge is 0.573 e. The van der Waals surface area contributed by atoms with Gasteiger partial charge in [-0.2, -0.15) is 0 Å². The van der Waals surface area contributed by atoms with E-state index in [0.29, 0.717) is 3.70 Å². The van der Waals surface area contributed by atoms with Gasteiger partial charge in [0, 0.05) is 12.1 Å². The highest BCUT2D eigenvalue weighted by Gasteiger charge is 2.31. The summed E-state index contributed by atoms with van der Waals surface area (Å²) in [5.41, 5.74) is 0. The van der Waals surface area contributed by atoms with Crippen LogP contribution in [0, 0.1) is 3.70 Å². The zero-order valence-corrected chi connectivity index (χ0v) is 9.09. The summed E-state index contributed by atoms with van der Waals surface area (Å²) in [6.07, 6.45) is -4.70. The fourth-order valence-corrected chi connectivity index (χ4v) is 1.29. The summed E-state index contributed by atoms with van der Waals surface area (Å²) < 4.78 is 44.2. The molecule has 1 aromatic heterocycles. The molecule has 0 aromatic carbocycles. The topological polar surface area (TPSA) is 31.4 Å². The molecule has 0 amide bonds. The molecule has 0 aliphatic heterocycles. The molecular formula is C7H5F3INO2. The molecule has 7 heteroatoms. The summed E-state index contributed by atoms with van der Waals surface area (Å²) in [5.74, 6) is -0.259. The Hall–Kier alpha value is -0.730. The van der Waals surface area contributed by atoms with Crippen molar-refractivity contribution < 1.29 is 22.6 Å². The Morgan fingerprint density at radius 3 is 2.50 bits per heavy atom. The maximum Gasteiger partial charge on any atom is 0.573 e. The molecule has 0 saturated carbocycles. The first-order valence-corrected chi connectivity index (χ1v) is 4.46. The van der Waals surface area contributed by atoms with Gasteiger partial charge in [0.1, 0.15) is 9.45 Å². The highest BCUT2D eigenvalue weighted by Crippen LogP contribution is 2.26. The lowest BCUT2D eigenvalue weighted by molar-refractivity contribution is -0.274. The zero-order chi connectivity index (χ0) is 10.8. The molecule has 0 aliphatic carbocycles. The Balaban J connectivity index is 2.92. The first-order chi connectivity index (χ1) is 6.40. The van der Waals surface area contributed by atoms with Crippen molar-refractivity contribution in [2.24, 2.45) is 0 Å². The number of nitrogens with zero attached hydrogens (tertiary/aromatic N) is 1. The number of aromatic nitrogens is 1. The molecule has 0 fully saturated rings. The number of hydrogen-bond donors (Lipinski definition) is 0. The highest BCUT2D eigenvalue weighted by atomic mass is 127. The molecule has 0 unspecified atom stereocenters. The minimum atomic E-state index is -4.70. The van der Waals surface area contributed by atoms with Crippen LogP contribution in [0.1, 0.15) is 0 Å². The summed E-state index contributed by atoms with van der Waals surface area (Å²) in [6, 6.07) is 2.23. The van der Waals surface area contributed by atoms with Crippen molar-refractivity contribution in [1.82, 2.24) is 4.98 Å². The molecule has 0 N–H and O–H groups in total. The first kappa shape index (κ1) is 11.3. The number of pyridine rings is 1. The van der Waals surface area contributed by atoms with E-state index >= 15 is 0 Å². The molecule has 14 heavy (non-hydrogen) atoms. The van der Waals surface area contributed by atoms with Crippen LogP contribution in [0.3, 0.4) is 0 Å². The molecule has 0 saturated heterocycles. The molecule has 0 bridgehead atoms. The number of halogens is 4. The second-order valence-corrected chi connectivity index (χ2v) is 3.32. The fraction of sp³-hybridized carbons (Fsp3) is 0.286. The van der Waals surface area contributed by atoms with Gasteiger partial charge in [-0.25, -0.2) is 4.98 Å². The normalized spacial score (nSPS) is 11.2. The van der Waals surface area contributed by atoms with E-state index in [9.17, 15) is 13.2 Å². The number of alkyl halides is 3. The van der Waals surface area contributed by atoms with Crippen LogP contribution in [0.2, 0.25) is 0 Å². The first-order valence-electron chi connectivity index (χ1n) is 3.38. The third-order valence-corrected chi connectivity index (χ3v) is 1.74. The maximum atomic E-state index is 11.8. The van der Waals surface area contributed by atoms with Crippen LogP contribution >= 0.6 is 22.6 Å². The van der Waals surface area contributed by atoms with Gasteiger partial charge in [-0.3, -0.25) is 0 Å². The van der Waals surface area contributed by atoms with Crippen LogP contribution in [-0.4, -0.2) is 18.5 Å². The highest BCUT2D eigenvalue weighted by molar-refractivity contribution is 14.1. The zero-order valence-electron chi connectivity index (χ0n) is 6.93. The quantitative estimate of drug-likeness (QED) is 0.620. The van der Waals surface area contributed by atoms with Crippen LogP contribution in [0.5, 0.6) is 11.6 Å². The Morgan fingerprint density at radius 1 is 1.36 bits per heavy atom. The average molecular weight is 319 g/mol. The molecule has 0 spiro atoms. The molecular weight excluding hydrogens is 314 g/mol. The van der Waals surface area contributed by atoms with Gasteiger partial charge in [-0.15, -0.1) is 13.2 Å². The summed E-state index contributed by atoms with van der Waals surface area (Å²) in [4.78, 5) is 3.80. The van der Waals surface area contributed by atoms with Gasteiger partial charge in [0.15, 0.2) is 0 Å². The van der Waals surface area contributed by atoms with Gasteiger partial charge in [0.2, 0.25) is 5.88 Å². The van der Waals surface area contributed by atoms with E-state index in [2.05, 4.69) is 14.5 Å². The average Bonchev–Trinajstić information content (AvgIpc) is 1.99. The predicted octanol–water partition coefficient (Wildman–Crippen LogP) is 2.59. The number of hydrogen-bond acceptors (Lipinski definition) is 3. The van der Waals surface area contributed by atoms with Gasteiger partial charge in [-0.1, -0.05) is 0 Å². The van der Waals surface area contributed by atoms with Crippen molar-refractivity contribution in [3.8, 4) is 11.6 Å². The van der Waals surface area contributed by atoms with Crippen LogP contribution < -0.4 is 9.47 Å². The molecule has 1 aromatic rings. The Morgan fingerprint density at radius 2 is 2.00 bits per heavy atom. The second-order valence-electron chi connectivity index (χ2n) is 2.22. The molecule has 3 nitrogen and oxygen atoms in total. The van der Waals surface area contributed by atoms with Crippen LogP contribution in [0.25, 0.3) is 0 Å². The van der Waals surface area contributed by atoms with E-state index in [4.69, 9.17) is 0 Å². The van der Waals surface area contributed by atoms with Crippen LogP contribution in [0.15, 0.2) is 12.1 Å². The van der Waals surface area contributed by atoms with Gasteiger partial charge >= 0.3 is 6.36 Å². The smallest absolute Gasteiger partial charge is 0.481 e. The van der Waals surface area contributed by atoms with Gasteiger partial charge in [0.05, 0.1) is 7.11 Å². The standard InChI is InChI=1S/C7H5F3INO2/c1-13-6-3-4(2-5(11)12-6)14-7(8,9)10/h2-3H,1H3. The van der Waals surface area contributed by atoms with Crippen LogP contribution in [0.4, 0.5) is 13.2 Å². The van der Waals surface area contributed by atoms with Crippen molar-refractivity contribution in [2.75, 3.05) is 7.11 Å². The minimum Gasteiger partial charge on any atom is -0.481 e. The summed E-state index contributed by atoms with van der Waals surface area (Å²) in [6.45, 7) is 0. The molecule has 0 aliphatic rings. The van der Waals surface area contributed by atoms with Crippen molar-refractivity contribution in [3.63, 3.8) is 0 Å². The summed E-state index contributed by atoms with van der Waals surface area (Å²) in [7, 11) is 1.32.